The zero-order chi connectivity index (χ0) is 14.8. The highest BCUT2D eigenvalue weighted by Crippen LogP contribution is 2.24. The number of halogens is 1. The van der Waals surface area contributed by atoms with Crippen LogP contribution in [0.5, 0.6) is 0 Å². The second kappa shape index (κ2) is 5.78. The molecule has 0 aliphatic carbocycles. The Bertz CT molecular complexity index is 585. The van der Waals surface area contributed by atoms with Gasteiger partial charge in [0.1, 0.15) is 5.82 Å². The highest BCUT2D eigenvalue weighted by molar-refractivity contribution is 7.92. The minimum atomic E-state index is -3.64. The zero-order valence-corrected chi connectivity index (χ0v) is 11.6. The molecule has 1 amide bonds. The van der Waals surface area contributed by atoms with Crippen molar-refractivity contribution in [1.82, 2.24) is 4.90 Å². The van der Waals surface area contributed by atoms with E-state index in [4.69, 9.17) is 5.11 Å². The molecule has 1 unspecified atom stereocenters. The second-order valence-electron chi connectivity index (χ2n) is 4.85. The molecule has 1 aromatic carbocycles. The topological polar surface area (TPSA) is 74.7 Å². The summed E-state index contributed by atoms with van der Waals surface area (Å²) in [6, 6.07) is 4.64. The van der Waals surface area contributed by atoms with Gasteiger partial charge < -0.3 is 10.0 Å². The lowest BCUT2D eigenvalue weighted by Gasteiger charge is -2.21. The third-order valence-electron chi connectivity index (χ3n) is 3.48. The Balaban J connectivity index is 2.27. The van der Waals surface area contributed by atoms with Crippen molar-refractivity contribution >= 4 is 15.9 Å². The summed E-state index contributed by atoms with van der Waals surface area (Å²) in [5, 5.41) is 8.26. The molecule has 1 atom stereocenters. The SMILES string of the molecule is O=C(O)N1CCCCC(S(=O)(=O)c2ccc(F)cc2)C1. The van der Waals surface area contributed by atoms with Gasteiger partial charge in [0, 0.05) is 13.1 Å². The highest BCUT2D eigenvalue weighted by Gasteiger charge is 2.32. The summed E-state index contributed by atoms with van der Waals surface area (Å²) in [5.41, 5.74) is 0. The summed E-state index contributed by atoms with van der Waals surface area (Å²) in [4.78, 5) is 12.2. The van der Waals surface area contributed by atoms with Crippen LogP contribution in [0.3, 0.4) is 0 Å². The monoisotopic (exact) mass is 301 g/mol. The van der Waals surface area contributed by atoms with Crippen molar-refractivity contribution in [3.05, 3.63) is 30.1 Å². The summed E-state index contributed by atoms with van der Waals surface area (Å²) >= 11 is 0. The fraction of sp³-hybridized carbons (Fsp3) is 0.462. The lowest BCUT2D eigenvalue weighted by molar-refractivity contribution is 0.147. The molecule has 110 valence electrons. The molecule has 1 aliphatic rings. The molecule has 1 aliphatic heterocycles. The van der Waals surface area contributed by atoms with Gasteiger partial charge in [0.15, 0.2) is 9.84 Å². The molecule has 7 heteroatoms. The third kappa shape index (κ3) is 3.09. The average Bonchev–Trinajstić information content (AvgIpc) is 2.65. The van der Waals surface area contributed by atoms with Crippen molar-refractivity contribution in [2.75, 3.05) is 13.1 Å². The lowest BCUT2D eigenvalue weighted by Crippen LogP contribution is -2.38. The van der Waals surface area contributed by atoms with Crippen molar-refractivity contribution in [2.24, 2.45) is 0 Å². The number of amides is 1. The molecule has 1 saturated heterocycles. The number of hydrogen-bond acceptors (Lipinski definition) is 3. The molecule has 1 aromatic rings. The molecule has 0 aromatic heterocycles. The Labute approximate surface area is 116 Å². The van der Waals surface area contributed by atoms with E-state index in [1.54, 1.807) is 0 Å². The summed E-state index contributed by atoms with van der Waals surface area (Å²) in [5.74, 6) is -0.503. The summed E-state index contributed by atoms with van der Waals surface area (Å²) in [7, 11) is -3.64. The van der Waals surface area contributed by atoms with Crippen LogP contribution in [0.15, 0.2) is 29.2 Å². The number of hydrogen-bond donors (Lipinski definition) is 1. The minimum absolute atomic E-state index is 0.0327. The molecule has 0 radical (unpaired) electrons. The number of sulfone groups is 1. The quantitative estimate of drug-likeness (QED) is 0.849. The van der Waals surface area contributed by atoms with Crippen LogP contribution in [0.25, 0.3) is 0 Å². The Morgan fingerprint density at radius 2 is 1.90 bits per heavy atom. The van der Waals surface area contributed by atoms with Gasteiger partial charge in [-0.2, -0.15) is 0 Å². The van der Waals surface area contributed by atoms with Gasteiger partial charge in [-0.05, 0) is 37.1 Å². The molecular weight excluding hydrogens is 285 g/mol. The van der Waals surface area contributed by atoms with Crippen LogP contribution in [0.2, 0.25) is 0 Å². The first kappa shape index (κ1) is 14.8. The fourth-order valence-electron chi connectivity index (χ4n) is 2.35. The number of likely N-dealkylation sites (tertiary alicyclic amines) is 1. The first-order valence-corrected chi connectivity index (χ1v) is 7.93. The molecule has 20 heavy (non-hydrogen) atoms. The van der Waals surface area contributed by atoms with Gasteiger partial charge in [0.25, 0.3) is 0 Å². The number of carbonyl (C=O) groups is 1. The Morgan fingerprint density at radius 1 is 1.25 bits per heavy atom. The number of benzene rings is 1. The van der Waals surface area contributed by atoms with Gasteiger partial charge >= 0.3 is 6.09 Å². The maximum atomic E-state index is 12.9. The van der Waals surface area contributed by atoms with E-state index in [0.717, 1.165) is 17.0 Å². The average molecular weight is 301 g/mol. The van der Waals surface area contributed by atoms with Crippen molar-refractivity contribution in [3.63, 3.8) is 0 Å². The molecule has 5 nitrogen and oxygen atoms in total. The van der Waals surface area contributed by atoms with E-state index >= 15 is 0 Å². The van der Waals surface area contributed by atoms with Gasteiger partial charge in [-0.15, -0.1) is 0 Å². The molecule has 0 spiro atoms. The molecule has 1 fully saturated rings. The van der Waals surface area contributed by atoms with E-state index in [0.29, 0.717) is 25.8 Å². The normalized spacial score (nSPS) is 20.4. The molecule has 1 heterocycles. The number of rotatable bonds is 2. The van der Waals surface area contributed by atoms with Gasteiger partial charge in [-0.25, -0.2) is 17.6 Å². The van der Waals surface area contributed by atoms with Gasteiger partial charge in [-0.1, -0.05) is 6.42 Å². The molecule has 0 bridgehead atoms. The fourth-order valence-corrected chi connectivity index (χ4v) is 4.10. The lowest BCUT2D eigenvalue weighted by atomic mass is 10.2. The van der Waals surface area contributed by atoms with Crippen LogP contribution in [0.1, 0.15) is 19.3 Å². The maximum absolute atomic E-state index is 12.9. The van der Waals surface area contributed by atoms with Crippen molar-refractivity contribution in [1.29, 1.82) is 0 Å². The van der Waals surface area contributed by atoms with Crippen molar-refractivity contribution < 1.29 is 22.7 Å². The van der Waals surface area contributed by atoms with E-state index in [1.165, 1.54) is 12.1 Å². The largest absolute Gasteiger partial charge is 0.465 e. The maximum Gasteiger partial charge on any atom is 0.407 e. The summed E-state index contributed by atoms with van der Waals surface area (Å²) < 4.78 is 37.8. The van der Waals surface area contributed by atoms with Crippen LogP contribution in [-0.4, -0.2) is 42.9 Å². The van der Waals surface area contributed by atoms with Gasteiger partial charge in [0.2, 0.25) is 0 Å². The second-order valence-corrected chi connectivity index (χ2v) is 7.07. The smallest absolute Gasteiger partial charge is 0.407 e. The Hall–Kier alpha value is -1.63. The minimum Gasteiger partial charge on any atom is -0.465 e. The van der Waals surface area contributed by atoms with Crippen molar-refractivity contribution in [2.45, 2.75) is 29.4 Å². The summed E-state index contributed by atoms with van der Waals surface area (Å²) in [6.45, 7) is 0.319. The third-order valence-corrected chi connectivity index (χ3v) is 5.67. The Kier molecular flexibility index (Phi) is 4.27. The molecule has 0 saturated carbocycles. The van der Waals surface area contributed by atoms with Crippen LogP contribution < -0.4 is 0 Å². The van der Waals surface area contributed by atoms with Gasteiger partial charge in [-0.3, -0.25) is 0 Å². The predicted molar refractivity (Wildman–Crippen MR) is 70.8 cm³/mol. The van der Waals surface area contributed by atoms with Crippen LogP contribution in [0.4, 0.5) is 9.18 Å². The first-order chi connectivity index (χ1) is 9.41. The van der Waals surface area contributed by atoms with Crippen LogP contribution in [0, 0.1) is 5.82 Å². The van der Waals surface area contributed by atoms with Crippen LogP contribution >= 0.6 is 0 Å². The van der Waals surface area contributed by atoms with E-state index < -0.39 is 27.0 Å². The summed E-state index contributed by atoms with van der Waals surface area (Å²) in [6.07, 6.45) is 0.631. The standard InChI is InChI=1S/C13H16FNO4S/c14-10-4-6-11(7-5-10)20(18,19)12-3-1-2-8-15(9-12)13(16)17/h4-7,12H,1-3,8-9H2,(H,16,17). The van der Waals surface area contributed by atoms with Crippen LogP contribution in [-0.2, 0) is 9.84 Å². The number of carboxylic acid groups (broad SMARTS) is 1. The molecule has 1 N–H and O–H groups in total. The highest BCUT2D eigenvalue weighted by atomic mass is 32.2. The first-order valence-electron chi connectivity index (χ1n) is 6.38. The van der Waals surface area contributed by atoms with E-state index in [-0.39, 0.29) is 11.4 Å². The molecule has 2 rings (SSSR count). The van der Waals surface area contributed by atoms with E-state index in [1.807, 2.05) is 0 Å². The van der Waals surface area contributed by atoms with Crippen molar-refractivity contribution in [3.8, 4) is 0 Å². The molecular formula is C13H16FNO4S. The van der Waals surface area contributed by atoms with E-state index in [2.05, 4.69) is 0 Å². The number of nitrogens with zero attached hydrogens (tertiary/aromatic N) is 1. The predicted octanol–water partition coefficient (Wildman–Crippen LogP) is 2.13. The zero-order valence-electron chi connectivity index (χ0n) is 10.8. The van der Waals surface area contributed by atoms with E-state index in [9.17, 15) is 17.6 Å². The van der Waals surface area contributed by atoms with Gasteiger partial charge in [0.05, 0.1) is 10.1 Å². The Morgan fingerprint density at radius 3 is 2.50 bits per heavy atom.